The van der Waals surface area contributed by atoms with E-state index in [-0.39, 0.29) is 17.3 Å². The third kappa shape index (κ3) is 10.8. The molecule has 4 aromatic heterocycles. The number of nitrogens with one attached hydrogen (secondary N) is 1. The topological polar surface area (TPSA) is 138 Å². The lowest BCUT2D eigenvalue weighted by Gasteiger charge is -2.35. The zero-order valence-corrected chi connectivity index (χ0v) is 34.0. The van der Waals surface area contributed by atoms with Crippen molar-refractivity contribution in [1.29, 1.82) is 0 Å². The Kier molecular flexibility index (Phi) is 13.7. The van der Waals surface area contributed by atoms with E-state index in [4.69, 9.17) is 30.5 Å². The van der Waals surface area contributed by atoms with Gasteiger partial charge in [0.05, 0.1) is 38.3 Å². The molecule has 2 atom stereocenters. The minimum Gasteiger partial charge on any atom is -0.378 e. The highest BCUT2D eigenvalue weighted by atomic mass is 36.0. The van der Waals surface area contributed by atoms with Gasteiger partial charge in [0.25, 0.3) is 5.56 Å². The summed E-state index contributed by atoms with van der Waals surface area (Å²) in [5, 5.41) is 4.38. The van der Waals surface area contributed by atoms with Gasteiger partial charge in [0.1, 0.15) is 5.15 Å². The lowest BCUT2D eigenvalue weighted by atomic mass is 9.82. The van der Waals surface area contributed by atoms with E-state index >= 15 is 0 Å². The number of aromatic amines is 1. The van der Waals surface area contributed by atoms with Crippen LogP contribution in [0.2, 0.25) is 5.15 Å². The van der Waals surface area contributed by atoms with Crippen molar-refractivity contribution >= 4 is 67.5 Å². The van der Waals surface area contributed by atoms with Gasteiger partial charge in [0.15, 0.2) is 22.9 Å². The number of nitrogens with zero attached hydrogens (tertiary/aromatic N) is 6. The zero-order valence-electron chi connectivity index (χ0n) is 30.1. The first-order chi connectivity index (χ1) is 25.8. The monoisotopic (exact) mass is 841 g/mol. The van der Waals surface area contributed by atoms with E-state index in [2.05, 4.69) is 70.9 Å². The van der Waals surface area contributed by atoms with Gasteiger partial charge in [-0.2, -0.15) is 5.10 Å². The molecule has 0 amide bonds. The van der Waals surface area contributed by atoms with Gasteiger partial charge in [0.2, 0.25) is 0 Å². The zero-order chi connectivity index (χ0) is 38.3. The summed E-state index contributed by atoms with van der Waals surface area (Å²) in [5.74, 6) is -0.258. The predicted octanol–water partition coefficient (Wildman–Crippen LogP) is 8.77. The SMILES string of the molecule is CN(C)c1ccccc1.Clc1cc(C2CCCC3(C2)OCCO3)nc2ccnn12.O=P(Cl)(Cl)Cl.O=c1cc(C2CCCC3(C2)OCCO3)nc2cc[nH]n12. The molecule has 9 rings (SSSR count). The standard InChI is InChI=1S/C14H16ClN3O2.C14H17N3O3.C8H11N.Cl3OP/c15-12-8-11(17-13-3-5-16-18(12)13)10-2-1-4-14(9-10)19-6-7-20-14;18-13-8-11(16-12-3-5-15-17(12)13)10-2-1-4-14(9-10)19-6-7-20-14;1-9(2)8-6-4-3-5-7-8;1-5(2,3)4/h3,5,8,10H,1-2,4,6-7,9H2;3,5,8,10,15H,1-2,4,6-7,9H2;3-7H,1-2H3;. The van der Waals surface area contributed by atoms with E-state index in [1.165, 1.54) is 10.2 Å². The number of rotatable bonds is 3. The second-order valence-corrected chi connectivity index (χ2v) is 20.7. The first kappa shape index (κ1) is 40.9. The first-order valence-corrected chi connectivity index (χ1v) is 22.7. The van der Waals surface area contributed by atoms with E-state index in [0.717, 1.165) is 68.4 Å². The van der Waals surface area contributed by atoms with Crippen molar-refractivity contribution in [2.75, 3.05) is 45.4 Å². The second-order valence-electron chi connectivity index (χ2n) is 13.7. The number of H-pyrrole nitrogens is 1. The van der Waals surface area contributed by atoms with Crippen LogP contribution in [-0.2, 0) is 23.5 Å². The van der Waals surface area contributed by atoms with Crippen LogP contribution in [0.5, 0.6) is 0 Å². The third-order valence-electron chi connectivity index (χ3n) is 9.81. The van der Waals surface area contributed by atoms with Gasteiger partial charge in [-0.1, -0.05) is 29.8 Å². The summed E-state index contributed by atoms with van der Waals surface area (Å²) < 4.78 is 35.9. The van der Waals surface area contributed by atoms with Gasteiger partial charge < -0.3 is 23.8 Å². The Labute approximate surface area is 332 Å². The predicted molar refractivity (Wildman–Crippen MR) is 211 cm³/mol. The Morgan fingerprint density at radius 3 is 1.89 bits per heavy atom. The Hall–Kier alpha value is -2.71. The molecule has 2 saturated heterocycles. The van der Waals surface area contributed by atoms with Crippen LogP contribution in [0.15, 0.2) is 71.8 Å². The lowest BCUT2D eigenvalue weighted by Crippen LogP contribution is -2.36. The van der Waals surface area contributed by atoms with E-state index in [1.807, 2.05) is 50.5 Å². The quantitative estimate of drug-likeness (QED) is 0.139. The summed E-state index contributed by atoms with van der Waals surface area (Å²) in [6.07, 6.45) is 11.3. The number of halogens is 4. The smallest absolute Gasteiger partial charge is 0.339 e. The maximum Gasteiger partial charge on any atom is 0.339 e. The molecule has 5 aromatic rings. The summed E-state index contributed by atoms with van der Waals surface area (Å²) in [4.78, 5) is 23.4. The number of hydrogen-bond acceptors (Lipinski definition) is 10. The molecular formula is C36H44Cl4N7O6P. The summed E-state index contributed by atoms with van der Waals surface area (Å²) >= 11 is 20.1. The maximum atomic E-state index is 12.0. The summed E-state index contributed by atoms with van der Waals surface area (Å²) in [7, 11) is 4.07. The molecule has 54 heavy (non-hydrogen) atoms. The van der Waals surface area contributed by atoms with Gasteiger partial charge in [-0.05, 0) is 77.6 Å². The molecule has 1 aromatic carbocycles. The van der Waals surface area contributed by atoms with Crippen molar-refractivity contribution in [3.05, 3.63) is 93.9 Å². The Bertz CT molecular complexity index is 2070. The third-order valence-corrected chi connectivity index (χ3v) is 10.1. The normalized spacial score (nSPS) is 21.5. The van der Waals surface area contributed by atoms with E-state index in [1.54, 1.807) is 23.0 Å². The van der Waals surface area contributed by atoms with E-state index < -0.39 is 11.0 Å². The average molecular weight is 844 g/mol. The molecule has 0 radical (unpaired) electrons. The summed E-state index contributed by atoms with van der Waals surface area (Å²) in [5.41, 5.74) is 4.51. The largest absolute Gasteiger partial charge is 0.378 e. The van der Waals surface area contributed by atoms with Gasteiger partial charge in [-0.15, -0.1) is 0 Å². The fraction of sp³-hybridized carbons (Fsp3) is 0.500. The van der Waals surface area contributed by atoms with Crippen LogP contribution in [0.25, 0.3) is 11.3 Å². The highest BCUT2D eigenvalue weighted by Gasteiger charge is 2.43. The molecule has 4 fully saturated rings. The molecule has 4 aliphatic rings. The van der Waals surface area contributed by atoms with Crippen LogP contribution in [0.1, 0.15) is 74.6 Å². The van der Waals surface area contributed by atoms with Crippen LogP contribution in [0.4, 0.5) is 5.69 Å². The molecule has 2 spiro atoms. The van der Waals surface area contributed by atoms with Crippen LogP contribution >= 0.6 is 50.5 Å². The molecule has 2 unspecified atom stereocenters. The van der Waals surface area contributed by atoms with Gasteiger partial charge in [-0.25, -0.2) is 19.0 Å². The number of benzene rings is 1. The van der Waals surface area contributed by atoms with Crippen LogP contribution in [0.3, 0.4) is 0 Å². The van der Waals surface area contributed by atoms with Crippen LogP contribution in [0, 0.1) is 0 Å². The van der Waals surface area contributed by atoms with Crippen molar-refractivity contribution in [2.45, 2.75) is 74.8 Å². The van der Waals surface area contributed by atoms with E-state index in [9.17, 15) is 9.36 Å². The molecule has 6 heterocycles. The molecule has 1 N–H and O–H groups in total. The Morgan fingerprint density at radius 2 is 1.35 bits per heavy atom. The minimum absolute atomic E-state index is 0.0668. The molecule has 2 aliphatic heterocycles. The molecule has 2 aliphatic carbocycles. The molecule has 13 nitrogen and oxygen atoms in total. The highest BCUT2D eigenvalue weighted by Crippen LogP contribution is 2.61. The number of aromatic nitrogens is 6. The number of para-hydroxylation sites is 1. The number of ether oxygens (including phenoxy) is 4. The average Bonchev–Trinajstić information content (AvgIpc) is 3.98. The van der Waals surface area contributed by atoms with E-state index in [0.29, 0.717) is 43.1 Å². The summed E-state index contributed by atoms with van der Waals surface area (Å²) in [6.45, 7) is 2.73. The van der Waals surface area contributed by atoms with Crippen molar-refractivity contribution in [2.24, 2.45) is 0 Å². The first-order valence-electron chi connectivity index (χ1n) is 17.9. The van der Waals surface area contributed by atoms with Crippen molar-refractivity contribution in [3.8, 4) is 0 Å². The fourth-order valence-corrected chi connectivity index (χ4v) is 7.64. The number of hydrogen-bond donors (Lipinski definition) is 1. The van der Waals surface area contributed by atoms with Crippen LogP contribution in [-0.4, -0.2) is 81.3 Å². The molecular weight excluding hydrogens is 799 g/mol. The van der Waals surface area contributed by atoms with Crippen molar-refractivity contribution < 1.29 is 23.5 Å². The van der Waals surface area contributed by atoms with Crippen molar-refractivity contribution in [3.63, 3.8) is 0 Å². The Balaban J connectivity index is 0.000000138. The maximum absolute atomic E-state index is 12.0. The number of anilines is 1. The fourth-order valence-electron chi connectivity index (χ4n) is 7.40. The lowest BCUT2D eigenvalue weighted by molar-refractivity contribution is -0.181. The van der Waals surface area contributed by atoms with Gasteiger partial charge >= 0.3 is 5.20 Å². The second kappa shape index (κ2) is 18.0. The van der Waals surface area contributed by atoms with Crippen molar-refractivity contribution in [1.82, 2.24) is 29.2 Å². The molecule has 2 saturated carbocycles. The molecule has 18 heteroatoms. The number of fused-ring (bicyclic) bond motifs is 2. The highest BCUT2D eigenvalue weighted by molar-refractivity contribution is 8.24. The molecule has 0 bridgehead atoms. The minimum atomic E-state index is -3.22. The van der Waals surface area contributed by atoms with Gasteiger partial charge in [-0.3, -0.25) is 14.5 Å². The van der Waals surface area contributed by atoms with Gasteiger partial charge in [0, 0.05) is 87.4 Å². The Morgan fingerprint density at radius 1 is 0.815 bits per heavy atom. The molecule has 292 valence electrons. The van der Waals surface area contributed by atoms with Crippen LogP contribution < -0.4 is 10.5 Å². The summed E-state index contributed by atoms with van der Waals surface area (Å²) in [6, 6.07) is 17.5.